The largest absolute Gasteiger partial charge is 0.523 e. The van der Waals surface area contributed by atoms with E-state index in [0.717, 1.165) is 4.90 Å². The summed E-state index contributed by atoms with van der Waals surface area (Å²) in [6.07, 6.45) is 0.0405. The number of imide groups is 1. The summed E-state index contributed by atoms with van der Waals surface area (Å²) in [5.74, 6) is -1.38. The molecule has 0 aromatic heterocycles. The molecule has 1 aliphatic rings. The molecule has 0 radical (unpaired) electrons. The molecule has 0 aliphatic carbocycles. The average Bonchev–Trinajstić information content (AvgIpc) is 2.72. The standard InChI is InChI=1S/C13H12F3NO5S/c1-2-8(7-22-23(20,21)13(14,15)16)17-11(18)9-5-3-4-6-10(9)12(17)19/h3-6,8H,2,7H2,1H3/t8-/m1/s1. The molecular formula is C13H12F3NO5S. The lowest BCUT2D eigenvalue weighted by Gasteiger charge is -2.24. The van der Waals surface area contributed by atoms with E-state index in [0.29, 0.717) is 0 Å². The fourth-order valence-corrected chi connectivity index (χ4v) is 2.62. The maximum Gasteiger partial charge on any atom is 0.523 e. The lowest BCUT2D eigenvalue weighted by molar-refractivity contribution is -0.0551. The number of hydrogen-bond acceptors (Lipinski definition) is 5. The van der Waals surface area contributed by atoms with Crippen molar-refractivity contribution in [3.63, 3.8) is 0 Å². The fraction of sp³-hybridized carbons (Fsp3) is 0.385. The Morgan fingerprint density at radius 3 is 2.00 bits per heavy atom. The van der Waals surface area contributed by atoms with E-state index in [4.69, 9.17) is 0 Å². The number of carbonyl (C=O) groups excluding carboxylic acids is 2. The highest BCUT2D eigenvalue weighted by Crippen LogP contribution is 2.28. The molecule has 6 nitrogen and oxygen atoms in total. The van der Waals surface area contributed by atoms with Crippen LogP contribution >= 0.6 is 0 Å². The minimum absolute atomic E-state index is 0.0405. The zero-order chi connectivity index (χ0) is 17.4. The first-order chi connectivity index (χ1) is 10.6. The first-order valence-electron chi connectivity index (χ1n) is 6.52. The molecule has 0 fully saturated rings. The summed E-state index contributed by atoms with van der Waals surface area (Å²) >= 11 is 0. The van der Waals surface area contributed by atoms with E-state index in [1.54, 1.807) is 12.1 Å². The molecule has 0 N–H and O–H groups in total. The van der Waals surface area contributed by atoms with Crippen molar-refractivity contribution >= 4 is 21.9 Å². The van der Waals surface area contributed by atoms with E-state index in [1.807, 2.05) is 0 Å². The minimum Gasteiger partial charge on any atom is -0.269 e. The van der Waals surface area contributed by atoms with Crippen LogP contribution in [0.4, 0.5) is 13.2 Å². The van der Waals surface area contributed by atoms with Crippen molar-refractivity contribution < 1.29 is 35.4 Å². The summed E-state index contributed by atoms with van der Waals surface area (Å²) in [5, 5.41) is 0. The van der Waals surface area contributed by atoms with Crippen LogP contribution in [0, 0.1) is 0 Å². The highest BCUT2D eigenvalue weighted by Gasteiger charge is 2.48. The van der Waals surface area contributed by atoms with E-state index < -0.39 is 40.1 Å². The molecule has 1 heterocycles. The van der Waals surface area contributed by atoms with Gasteiger partial charge in [0, 0.05) is 0 Å². The fourth-order valence-electron chi connectivity index (χ4n) is 2.15. The smallest absolute Gasteiger partial charge is 0.269 e. The first kappa shape index (κ1) is 17.4. The number of benzene rings is 1. The molecule has 10 heteroatoms. The predicted molar refractivity (Wildman–Crippen MR) is 71.9 cm³/mol. The van der Waals surface area contributed by atoms with Gasteiger partial charge in [0.05, 0.1) is 23.8 Å². The first-order valence-corrected chi connectivity index (χ1v) is 7.93. The summed E-state index contributed by atoms with van der Waals surface area (Å²) in [4.78, 5) is 25.1. The van der Waals surface area contributed by atoms with Crippen molar-refractivity contribution in [1.82, 2.24) is 4.90 Å². The molecule has 1 atom stereocenters. The van der Waals surface area contributed by atoms with Gasteiger partial charge in [-0.25, -0.2) is 0 Å². The molecule has 23 heavy (non-hydrogen) atoms. The Balaban J connectivity index is 2.21. The lowest BCUT2D eigenvalue weighted by Crippen LogP contribution is -2.43. The Hall–Kier alpha value is -1.94. The van der Waals surface area contributed by atoms with Crippen molar-refractivity contribution in [3.05, 3.63) is 35.4 Å². The molecule has 0 unspecified atom stereocenters. The Bertz CT molecular complexity index is 709. The van der Waals surface area contributed by atoms with Crippen molar-refractivity contribution in [2.24, 2.45) is 0 Å². The third kappa shape index (κ3) is 3.08. The minimum atomic E-state index is -5.78. The number of carbonyl (C=O) groups is 2. The Labute approximate surface area is 130 Å². The van der Waals surface area contributed by atoms with Crippen LogP contribution in [0.2, 0.25) is 0 Å². The zero-order valence-corrected chi connectivity index (χ0v) is 12.6. The van der Waals surface area contributed by atoms with Crippen LogP contribution in [-0.4, -0.2) is 43.3 Å². The summed E-state index contributed by atoms with van der Waals surface area (Å²) < 4.78 is 62.6. The number of halogens is 3. The maximum atomic E-state index is 12.3. The highest BCUT2D eigenvalue weighted by molar-refractivity contribution is 7.87. The van der Waals surface area contributed by atoms with E-state index in [2.05, 4.69) is 4.18 Å². The molecule has 0 bridgehead atoms. The van der Waals surface area contributed by atoms with E-state index in [1.165, 1.54) is 19.1 Å². The van der Waals surface area contributed by atoms with Gasteiger partial charge in [-0.15, -0.1) is 0 Å². The van der Waals surface area contributed by atoms with E-state index in [-0.39, 0.29) is 17.5 Å². The van der Waals surface area contributed by atoms with E-state index in [9.17, 15) is 31.2 Å². The lowest BCUT2D eigenvalue weighted by atomic mass is 10.1. The highest BCUT2D eigenvalue weighted by atomic mass is 32.2. The molecule has 2 amide bonds. The topological polar surface area (TPSA) is 80.8 Å². The van der Waals surface area contributed by atoms with Gasteiger partial charge >= 0.3 is 15.6 Å². The quantitative estimate of drug-likeness (QED) is 0.460. The molecule has 1 aromatic carbocycles. The van der Waals surface area contributed by atoms with Crippen LogP contribution in [-0.2, 0) is 14.3 Å². The molecular weight excluding hydrogens is 339 g/mol. The van der Waals surface area contributed by atoms with Crippen LogP contribution in [0.3, 0.4) is 0 Å². The average molecular weight is 351 g/mol. The molecule has 0 saturated carbocycles. The zero-order valence-electron chi connectivity index (χ0n) is 11.8. The number of amides is 2. The summed E-state index contributed by atoms with van der Waals surface area (Å²) in [6.45, 7) is 0.543. The van der Waals surface area contributed by atoms with Gasteiger partial charge in [0.1, 0.15) is 0 Å². The second-order valence-electron chi connectivity index (χ2n) is 4.77. The van der Waals surface area contributed by atoms with Gasteiger partial charge in [0.2, 0.25) is 0 Å². The summed E-state index contributed by atoms with van der Waals surface area (Å²) in [6, 6.07) is 4.78. The van der Waals surface area contributed by atoms with Crippen molar-refractivity contribution in [2.75, 3.05) is 6.61 Å². The Morgan fingerprint density at radius 2 is 1.61 bits per heavy atom. The van der Waals surface area contributed by atoms with Crippen molar-refractivity contribution in [3.8, 4) is 0 Å². The second kappa shape index (κ2) is 5.93. The third-order valence-corrected chi connectivity index (χ3v) is 4.37. The van der Waals surface area contributed by atoms with Gasteiger partial charge in [0.25, 0.3) is 11.8 Å². The second-order valence-corrected chi connectivity index (χ2v) is 6.38. The van der Waals surface area contributed by atoms with Crippen LogP contribution in [0.25, 0.3) is 0 Å². The van der Waals surface area contributed by atoms with Gasteiger partial charge in [-0.1, -0.05) is 19.1 Å². The molecule has 1 aromatic rings. The maximum absolute atomic E-state index is 12.3. The van der Waals surface area contributed by atoms with Gasteiger partial charge in [-0.05, 0) is 18.6 Å². The van der Waals surface area contributed by atoms with Gasteiger partial charge in [-0.3, -0.25) is 18.7 Å². The SMILES string of the molecule is CC[C@H](COS(=O)(=O)C(F)(F)F)N1C(=O)c2ccccc2C1=O. The monoisotopic (exact) mass is 351 g/mol. The van der Waals surface area contributed by atoms with Crippen LogP contribution in [0.5, 0.6) is 0 Å². The van der Waals surface area contributed by atoms with Crippen LogP contribution < -0.4 is 0 Å². The molecule has 1 aliphatic heterocycles. The van der Waals surface area contributed by atoms with Gasteiger partial charge < -0.3 is 0 Å². The van der Waals surface area contributed by atoms with Gasteiger partial charge in [-0.2, -0.15) is 21.6 Å². The van der Waals surface area contributed by atoms with E-state index >= 15 is 0 Å². The predicted octanol–water partition coefficient (Wildman–Crippen LogP) is 1.93. The Kier molecular flexibility index (Phi) is 4.49. The van der Waals surface area contributed by atoms with Gasteiger partial charge in [0.15, 0.2) is 0 Å². The number of alkyl halides is 3. The number of hydrogen-bond donors (Lipinski definition) is 0. The molecule has 126 valence electrons. The third-order valence-electron chi connectivity index (χ3n) is 3.36. The Morgan fingerprint density at radius 1 is 1.13 bits per heavy atom. The van der Waals surface area contributed by atoms with Crippen molar-refractivity contribution in [2.45, 2.75) is 24.9 Å². The molecule has 0 spiro atoms. The van der Waals surface area contributed by atoms with Crippen molar-refractivity contribution in [1.29, 1.82) is 0 Å². The van der Waals surface area contributed by atoms with Crippen LogP contribution in [0.1, 0.15) is 34.1 Å². The summed E-state index contributed by atoms with van der Waals surface area (Å²) in [5.41, 5.74) is -5.32. The molecule has 2 rings (SSSR count). The number of nitrogens with zero attached hydrogens (tertiary/aromatic N) is 1. The normalized spacial score (nSPS) is 16.6. The van der Waals surface area contributed by atoms with Crippen LogP contribution in [0.15, 0.2) is 24.3 Å². The number of fused-ring (bicyclic) bond motifs is 1. The molecule has 0 saturated heterocycles. The summed E-state index contributed by atoms with van der Waals surface area (Å²) in [7, 11) is -5.78. The number of rotatable bonds is 5.